The first-order valence-corrected chi connectivity index (χ1v) is 6.05. The lowest BCUT2D eigenvalue weighted by atomic mass is 10.1. The zero-order valence-electron chi connectivity index (χ0n) is 11.3. The van der Waals surface area contributed by atoms with Crippen LogP contribution in [0.5, 0.6) is 0 Å². The molecular formula is C13H18N4O2. The van der Waals surface area contributed by atoms with Gasteiger partial charge < -0.3 is 20.8 Å². The molecule has 6 heteroatoms. The van der Waals surface area contributed by atoms with Crippen LogP contribution in [0.3, 0.4) is 0 Å². The van der Waals surface area contributed by atoms with Crippen LogP contribution in [0.4, 0.5) is 11.7 Å². The predicted octanol–water partition coefficient (Wildman–Crippen LogP) is 1.74. The molecule has 0 atom stereocenters. The fraction of sp³-hybridized carbons (Fsp3) is 0.385. The maximum absolute atomic E-state index is 11.6. The molecule has 102 valence electrons. The Balaban J connectivity index is 2.02. The van der Waals surface area contributed by atoms with Crippen LogP contribution in [0.2, 0.25) is 0 Å². The van der Waals surface area contributed by atoms with Crippen molar-refractivity contribution in [1.82, 2.24) is 10.3 Å². The maximum Gasteiger partial charge on any atom is 0.296 e. The Labute approximate surface area is 111 Å². The molecule has 0 saturated heterocycles. The van der Waals surface area contributed by atoms with Crippen molar-refractivity contribution in [3.63, 3.8) is 0 Å². The number of benzene rings is 1. The molecule has 2 rings (SSSR count). The van der Waals surface area contributed by atoms with Gasteiger partial charge in [-0.15, -0.1) is 0 Å². The smallest absolute Gasteiger partial charge is 0.296 e. The number of oxazole rings is 1. The van der Waals surface area contributed by atoms with Crippen LogP contribution in [-0.2, 0) is 4.79 Å². The van der Waals surface area contributed by atoms with Gasteiger partial charge in [0.2, 0.25) is 5.91 Å². The van der Waals surface area contributed by atoms with E-state index in [1.54, 1.807) is 18.2 Å². The second-order valence-electron chi connectivity index (χ2n) is 5.36. The minimum atomic E-state index is -0.259. The zero-order chi connectivity index (χ0) is 14.0. The molecule has 0 radical (unpaired) electrons. The van der Waals surface area contributed by atoms with E-state index >= 15 is 0 Å². The van der Waals surface area contributed by atoms with Gasteiger partial charge in [-0.1, -0.05) is 6.07 Å². The van der Waals surface area contributed by atoms with Crippen LogP contribution >= 0.6 is 0 Å². The number of amides is 1. The molecule has 0 aliphatic heterocycles. The van der Waals surface area contributed by atoms with Gasteiger partial charge in [0.25, 0.3) is 6.01 Å². The summed E-state index contributed by atoms with van der Waals surface area (Å²) in [5.74, 6) is -0.122. The third-order valence-electron chi connectivity index (χ3n) is 2.36. The number of para-hydroxylation sites is 1. The average Bonchev–Trinajstić information content (AvgIpc) is 2.68. The molecule has 2 aromatic rings. The standard InChI is InChI=1S/C13H18N4O2/c1-13(2,3)17-10(18)7-15-12-16-11-8(14)5-4-6-9(11)19-12/h4-6H,7,14H2,1-3H3,(H,15,16)(H,17,18). The fourth-order valence-corrected chi connectivity index (χ4v) is 1.66. The Morgan fingerprint density at radius 2 is 2.16 bits per heavy atom. The molecule has 1 aromatic carbocycles. The highest BCUT2D eigenvalue weighted by molar-refractivity contribution is 5.87. The summed E-state index contributed by atoms with van der Waals surface area (Å²) in [6.07, 6.45) is 0. The quantitative estimate of drug-likeness (QED) is 0.732. The molecule has 0 fully saturated rings. The van der Waals surface area contributed by atoms with Gasteiger partial charge in [-0.25, -0.2) is 0 Å². The van der Waals surface area contributed by atoms with Gasteiger partial charge in [-0.2, -0.15) is 4.98 Å². The van der Waals surface area contributed by atoms with Gasteiger partial charge in [-0.05, 0) is 32.9 Å². The number of rotatable bonds is 3. The molecule has 6 nitrogen and oxygen atoms in total. The molecule has 1 amide bonds. The van der Waals surface area contributed by atoms with Crippen LogP contribution in [0.15, 0.2) is 22.6 Å². The van der Waals surface area contributed by atoms with Gasteiger partial charge in [0.15, 0.2) is 5.58 Å². The monoisotopic (exact) mass is 262 g/mol. The van der Waals surface area contributed by atoms with Crippen molar-refractivity contribution in [3.8, 4) is 0 Å². The van der Waals surface area contributed by atoms with Crippen LogP contribution in [0.1, 0.15) is 20.8 Å². The number of hydrogen-bond acceptors (Lipinski definition) is 5. The van der Waals surface area contributed by atoms with Crippen LogP contribution < -0.4 is 16.4 Å². The van der Waals surface area contributed by atoms with Gasteiger partial charge in [0, 0.05) is 5.54 Å². The van der Waals surface area contributed by atoms with E-state index in [0.717, 1.165) is 0 Å². The minimum absolute atomic E-state index is 0.101. The summed E-state index contributed by atoms with van der Waals surface area (Å²) in [5.41, 5.74) is 7.26. The molecule has 4 N–H and O–H groups in total. The highest BCUT2D eigenvalue weighted by Crippen LogP contribution is 2.23. The van der Waals surface area contributed by atoms with Gasteiger partial charge in [-0.3, -0.25) is 4.79 Å². The van der Waals surface area contributed by atoms with Crippen molar-refractivity contribution in [2.75, 3.05) is 17.6 Å². The number of carbonyl (C=O) groups excluding carboxylic acids is 1. The molecule has 1 aromatic heterocycles. The Bertz CT molecular complexity index is 598. The largest absolute Gasteiger partial charge is 0.423 e. The first-order chi connectivity index (χ1) is 8.85. The van der Waals surface area contributed by atoms with E-state index in [9.17, 15) is 4.79 Å². The van der Waals surface area contributed by atoms with Crippen molar-refractivity contribution in [1.29, 1.82) is 0 Å². The third-order valence-corrected chi connectivity index (χ3v) is 2.36. The van der Waals surface area contributed by atoms with Crippen molar-refractivity contribution in [3.05, 3.63) is 18.2 Å². The van der Waals surface area contributed by atoms with E-state index in [1.807, 2.05) is 20.8 Å². The lowest BCUT2D eigenvalue weighted by Crippen LogP contribution is -2.43. The summed E-state index contributed by atoms with van der Waals surface area (Å²) in [7, 11) is 0. The van der Waals surface area contributed by atoms with Crippen LogP contribution in [0, 0.1) is 0 Å². The first-order valence-electron chi connectivity index (χ1n) is 6.05. The van der Waals surface area contributed by atoms with Gasteiger partial charge in [0.1, 0.15) is 5.52 Å². The molecule has 0 spiro atoms. The summed E-state index contributed by atoms with van der Waals surface area (Å²) in [6.45, 7) is 5.87. The lowest BCUT2D eigenvalue weighted by Gasteiger charge is -2.20. The number of fused-ring (bicyclic) bond motifs is 1. The summed E-state index contributed by atoms with van der Waals surface area (Å²) in [4.78, 5) is 15.8. The van der Waals surface area contributed by atoms with E-state index in [2.05, 4.69) is 15.6 Å². The zero-order valence-corrected chi connectivity index (χ0v) is 11.3. The van der Waals surface area contributed by atoms with Crippen molar-refractivity contribution < 1.29 is 9.21 Å². The van der Waals surface area contributed by atoms with E-state index in [1.165, 1.54) is 0 Å². The number of carbonyl (C=O) groups is 1. The second kappa shape index (κ2) is 4.79. The third kappa shape index (κ3) is 3.37. The summed E-state index contributed by atoms with van der Waals surface area (Å²) >= 11 is 0. The number of aromatic nitrogens is 1. The SMILES string of the molecule is CC(C)(C)NC(=O)CNc1nc2c(N)cccc2o1. The maximum atomic E-state index is 11.6. The van der Waals surface area contributed by atoms with Crippen molar-refractivity contribution in [2.24, 2.45) is 0 Å². The molecule has 0 unspecified atom stereocenters. The average molecular weight is 262 g/mol. The van der Waals surface area contributed by atoms with Crippen LogP contribution in [0.25, 0.3) is 11.1 Å². The Hall–Kier alpha value is -2.24. The molecular weight excluding hydrogens is 244 g/mol. The lowest BCUT2D eigenvalue weighted by molar-refractivity contribution is -0.120. The highest BCUT2D eigenvalue weighted by atomic mass is 16.4. The van der Waals surface area contributed by atoms with E-state index < -0.39 is 0 Å². The highest BCUT2D eigenvalue weighted by Gasteiger charge is 2.14. The first kappa shape index (κ1) is 13.2. The van der Waals surface area contributed by atoms with Crippen LogP contribution in [-0.4, -0.2) is 23.0 Å². The van der Waals surface area contributed by atoms with Crippen molar-refractivity contribution in [2.45, 2.75) is 26.3 Å². The Kier molecular flexibility index (Phi) is 3.33. The molecule has 0 aliphatic carbocycles. The summed E-state index contributed by atoms with van der Waals surface area (Å²) in [5, 5.41) is 5.68. The van der Waals surface area contributed by atoms with E-state index in [4.69, 9.17) is 10.2 Å². The number of nitrogen functional groups attached to an aromatic ring is 1. The number of hydrogen-bond donors (Lipinski definition) is 3. The number of nitrogens with one attached hydrogen (secondary N) is 2. The minimum Gasteiger partial charge on any atom is -0.423 e. The Morgan fingerprint density at radius 1 is 1.42 bits per heavy atom. The topological polar surface area (TPSA) is 93.2 Å². The Morgan fingerprint density at radius 3 is 2.79 bits per heavy atom. The molecule has 1 heterocycles. The van der Waals surface area contributed by atoms with Crippen molar-refractivity contribution >= 4 is 28.7 Å². The number of nitrogens with zero attached hydrogens (tertiary/aromatic N) is 1. The summed E-state index contributed by atoms with van der Waals surface area (Å²) in [6, 6.07) is 5.61. The number of nitrogens with two attached hydrogens (primary N) is 1. The summed E-state index contributed by atoms with van der Waals surface area (Å²) < 4.78 is 5.45. The molecule has 0 aliphatic rings. The number of anilines is 2. The van der Waals surface area contributed by atoms with E-state index in [-0.39, 0.29) is 24.0 Å². The molecule has 19 heavy (non-hydrogen) atoms. The van der Waals surface area contributed by atoms with Gasteiger partial charge >= 0.3 is 0 Å². The van der Waals surface area contributed by atoms with Gasteiger partial charge in [0.05, 0.1) is 12.2 Å². The molecule has 0 bridgehead atoms. The normalized spacial score (nSPS) is 11.5. The molecule has 0 saturated carbocycles. The second-order valence-corrected chi connectivity index (χ2v) is 5.36. The fourth-order valence-electron chi connectivity index (χ4n) is 1.66. The predicted molar refractivity (Wildman–Crippen MR) is 74.8 cm³/mol. The van der Waals surface area contributed by atoms with E-state index in [0.29, 0.717) is 16.8 Å².